The normalized spacial score (nSPS) is 12.1. The number of aromatic nitrogens is 1. The van der Waals surface area contributed by atoms with E-state index in [2.05, 4.69) is 10.3 Å². The second kappa shape index (κ2) is 11.2. The Labute approximate surface area is 208 Å². The van der Waals surface area contributed by atoms with Gasteiger partial charge in [0.05, 0.1) is 0 Å². The molecule has 2 amide bonds. The Morgan fingerprint density at radius 3 is 2.29 bits per heavy atom. The Morgan fingerprint density at radius 1 is 0.971 bits per heavy atom. The van der Waals surface area contributed by atoms with Gasteiger partial charge in [-0.25, -0.2) is 4.79 Å². The highest BCUT2D eigenvalue weighted by atomic mass is 16.6. The molecule has 3 rings (SSSR count). The van der Waals surface area contributed by atoms with Gasteiger partial charge in [0.2, 0.25) is 0 Å². The van der Waals surface area contributed by atoms with Crippen LogP contribution in [0, 0.1) is 20.8 Å². The van der Waals surface area contributed by atoms with Crippen LogP contribution in [0.5, 0.6) is 0 Å². The van der Waals surface area contributed by atoms with Crippen LogP contribution in [-0.4, -0.2) is 29.1 Å². The lowest BCUT2D eigenvalue weighted by Crippen LogP contribution is -2.45. The van der Waals surface area contributed by atoms with Crippen LogP contribution in [0.15, 0.2) is 66.9 Å². The monoisotopic (exact) mass is 473 g/mol. The highest BCUT2D eigenvalue weighted by Crippen LogP contribution is 2.25. The maximum absolute atomic E-state index is 14.1. The van der Waals surface area contributed by atoms with E-state index in [4.69, 9.17) is 4.74 Å². The standard InChI is InChI=1S/C29H35N3O3/c1-20-12-14-24(30-19-20)16-17-32(25-15-13-21(2)22(3)18-25)27(33)26(23-10-8-7-9-11-23)31-28(34)35-29(4,5)6/h7-15,18-19,26H,16-17H2,1-6H3,(H,31,34). The van der Waals surface area contributed by atoms with Gasteiger partial charge in [0, 0.05) is 30.5 Å². The lowest BCUT2D eigenvalue weighted by atomic mass is 10.0. The Kier molecular flexibility index (Phi) is 8.28. The molecule has 35 heavy (non-hydrogen) atoms. The van der Waals surface area contributed by atoms with E-state index < -0.39 is 17.7 Å². The number of rotatable bonds is 7. The maximum atomic E-state index is 14.1. The van der Waals surface area contributed by atoms with Crippen molar-refractivity contribution >= 4 is 17.7 Å². The number of anilines is 1. The molecule has 0 aliphatic heterocycles. The summed E-state index contributed by atoms with van der Waals surface area (Å²) < 4.78 is 5.47. The lowest BCUT2D eigenvalue weighted by molar-refractivity contribution is -0.120. The van der Waals surface area contributed by atoms with Gasteiger partial charge in [-0.15, -0.1) is 0 Å². The van der Waals surface area contributed by atoms with Crippen LogP contribution in [0.4, 0.5) is 10.5 Å². The van der Waals surface area contributed by atoms with Crippen LogP contribution in [0.25, 0.3) is 0 Å². The number of ether oxygens (including phenoxy) is 1. The minimum absolute atomic E-state index is 0.238. The molecular formula is C29H35N3O3. The second-order valence-electron chi connectivity index (χ2n) is 9.83. The zero-order valence-corrected chi connectivity index (χ0v) is 21.5. The van der Waals surface area contributed by atoms with Gasteiger partial charge in [0.1, 0.15) is 11.6 Å². The van der Waals surface area contributed by atoms with Crippen LogP contribution in [0.3, 0.4) is 0 Å². The van der Waals surface area contributed by atoms with E-state index in [1.165, 1.54) is 0 Å². The van der Waals surface area contributed by atoms with Crippen LogP contribution in [-0.2, 0) is 16.0 Å². The highest BCUT2D eigenvalue weighted by Gasteiger charge is 2.30. The van der Waals surface area contributed by atoms with Gasteiger partial charge in [-0.05, 0) is 82.0 Å². The molecule has 0 aliphatic rings. The number of nitrogens with one attached hydrogen (secondary N) is 1. The number of alkyl carbamates (subject to hydrolysis) is 1. The van der Waals surface area contributed by atoms with Gasteiger partial charge in [0.15, 0.2) is 0 Å². The van der Waals surface area contributed by atoms with Crippen molar-refractivity contribution in [2.24, 2.45) is 0 Å². The summed E-state index contributed by atoms with van der Waals surface area (Å²) in [6.45, 7) is 11.9. The van der Waals surface area contributed by atoms with Gasteiger partial charge >= 0.3 is 6.09 Å². The average Bonchev–Trinajstić information content (AvgIpc) is 2.80. The first-order chi connectivity index (χ1) is 16.5. The molecule has 0 aliphatic carbocycles. The zero-order valence-electron chi connectivity index (χ0n) is 21.5. The lowest BCUT2D eigenvalue weighted by Gasteiger charge is -2.29. The molecule has 6 nitrogen and oxygen atoms in total. The first-order valence-electron chi connectivity index (χ1n) is 11.9. The number of carbonyl (C=O) groups is 2. The summed E-state index contributed by atoms with van der Waals surface area (Å²) in [5.74, 6) is -0.238. The molecule has 0 saturated heterocycles. The number of hydrogen-bond donors (Lipinski definition) is 1. The zero-order chi connectivity index (χ0) is 25.6. The van der Waals surface area contributed by atoms with Crippen LogP contribution < -0.4 is 10.2 Å². The van der Waals surface area contributed by atoms with Gasteiger partial charge in [-0.2, -0.15) is 0 Å². The molecular weight excluding hydrogens is 438 g/mol. The topological polar surface area (TPSA) is 71.5 Å². The van der Waals surface area contributed by atoms with Crippen molar-refractivity contribution in [3.8, 4) is 0 Å². The van der Waals surface area contributed by atoms with E-state index in [1.54, 1.807) is 25.7 Å². The summed E-state index contributed by atoms with van der Waals surface area (Å²) in [5.41, 5.74) is 5.00. The molecule has 3 aromatic rings. The number of pyridine rings is 1. The van der Waals surface area contributed by atoms with Gasteiger partial charge < -0.3 is 15.0 Å². The van der Waals surface area contributed by atoms with E-state index in [-0.39, 0.29) is 5.91 Å². The quantitative estimate of drug-likeness (QED) is 0.467. The van der Waals surface area contributed by atoms with Crippen LogP contribution in [0.2, 0.25) is 0 Å². The molecule has 1 unspecified atom stereocenters. The number of benzene rings is 2. The third kappa shape index (κ3) is 7.41. The predicted molar refractivity (Wildman–Crippen MR) is 139 cm³/mol. The fraction of sp³-hybridized carbons (Fsp3) is 0.345. The van der Waals surface area contributed by atoms with E-state index in [9.17, 15) is 9.59 Å². The van der Waals surface area contributed by atoms with Crippen molar-refractivity contribution in [1.82, 2.24) is 10.3 Å². The van der Waals surface area contributed by atoms with Crippen LogP contribution >= 0.6 is 0 Å². The molecule has 6 heteroatoms. The molecule has 0 saturated carbocycles. The summed E-state index contributed by atoms with van der Waals surface area (Å²) >= 11 is 0. The predicted octanol–water partition coefficient (Wildman–Crippen LogP) is 5.85. The summed E-state index contributed by atoms with van der Waals surface area (Å²) in [5, 5.41) is 2.80. The van der Waals surface area contributed by atoms with Gasteiger partial charge in [-0.3, -0.25) is 9.78 Å². The minimum atomic E-state index is -0.904. The highest BCUT2D eigenvalue weighted by molar-refractivity contribution is 5.99. The minimum Gasteiger partial charge on any atom is -0.444 e. The third-order valence-corrected chi connectivity index (χ3v) is 5.67. The van der Waals surface area contributed by atoms with Gasteiger partial charge in [-0.1, -0.05) is 42.5 Å². The largest absolute Gasteiger partial charge is 0.444 e. The van der Waals surface area contributed by atoms with Crippen molar-refractivity contribution < 1.29 is 14.3 Å². The maximum Gasteiger partial charge on any atom is 0.408 e. The van der Waals surface area contributed by atoms with Crippen LogP contribution in [0.1, 0.15) is 54.8 Å². The molecule has 1 atom stereocenters. The smallest absolute Gasteiger partial charge is 0.408 e. The Bertz CT molecular complexity index is 1150. The number of aryl methyl sites for hydroxylation is 3. The fourth-order valence-corrected chi connectivity index (χ4v) is 3.65. The van der Waals surface area contributed by atoms with Gasteiger partial charge in [0.25, 0.3) is 5.91 Å². The van der Waals surface area contributed by atoms with E-state index in [1.807, 2.05) is 87.6 Å². The van der Waals surface area contributed by atoms with Crippen molar-refractivity contribution in [2.75, 3.05) is 11.4 Å². The summed E-state index contributed by atoms with van der Waals surface area (Å²) in [4.78, 5) is 33.0. The summed E-state index contributed by atoms with van der Waals surface area (Å²) in [6.07, 6.45) is 1.77. The summed E-state index contributed by atoms with van der Waals surface area (Å²) in [7, 11) is 0. The SMILES string of the molecule is Cc1ccc(CCN(C(=O)C(NC(=O)OC(C)(C)C)c2ccccc2)c2ccc(C)c(C)c2)nc1. The molecule has 0 radical (unpaired) electrons. The third-order valence-electron chi connectivity index (χ3n) is 5.67. The number of hydrogen-bond acceptors (Lipinski definition) is 4. The Hall–Kier alpha value is -3.67. The van der Waals surface area contributed by atoms with Crippen molar-refractivity contribution in [3.63, 3.8) is 0 Å². The first kappa shape index (κ1) is 25.9. The van der Waals surface area contributed by atoms with E-state index in [0.717, 1.165) is 28.1 Å². The number of amides is 2. The first-order valence-corrected chi connectivity index (χ1v) is 11.9. The molecule has 184 valence electrons. The number of carbonyl (C=O) groups excluding carboxylic acids is 2. The second-order valence-corrected chi connectivity index (χ2v) is 9.83. The molecule has 1 aromatic heterocycles. The molecule has 1 heterocycles. The molecule has 0 bridgehead atoms. The van der Waals surface area contributed by atoms with E-state index in [0.29, 0.717) is 18.5 Å². The Balaban J connectivity index is 1.96. The van der Waals surface area contributed by atoms with Crippen molar-refractivity contribution in [3.05, 3.63) is 94.8 Å². The van der Waals surface area contributed by atoms with E-state index >= 15 is 0 Å². The average molecular weight is 474 g/mol. The number of nitrogens with zero attached hydrogens (tertiary/aromatic N) is 2. The molecule has 0 spiro atoms. The van der Waals surface area contributed by atoms with Crippen molar-refractivity contribution in [2.45, 2.75) is 59.6 Å². The van der Waals surface area contributed by atoms with Crippen molar-refractivity contribution in [1.29, 1.82) is 0 Å². The molecule has 2 aromatic carbocycles. The molecule has 1 N–H and O–H groups in total. The Morgan fingerprint density at radius 2 is 1.69 bits per heavy atom. The summed E-state index contributed by atoms with van der Waals surface area (Å²) in [6, 6.07) is 18.3. The fourth-order valence-electron chi connectivity index (χ4n) is 3.65. The molecule has 0 fully saturated rings.